The average molecular weight is 413 g/mol. The van der Waals surface area contributed by atoms with Gasteiger partial charge in [-0.05, 0) is 33.6 Å². The number of nitrogens with zero attached hydrogens (tertiary/aromatic N) is 5. The van der Waals surface area contributed by atoms with Crippen molar-refractivity contribution in [1.82, 2.24) is 20.0 Å². The Bertz CT molecular complexity index is 862. The second-order valence-electron chi connectivity index (χ2n) is 8.52. The van der Waals surface area contributed by atoms with Crippen LogP contribution in [0.15, 0.2) is 10.6 Å². The molecule has 0 atom stereocenters. The van der Waals surface area contributed by atoms with Crippen molar-refractivity contribution in [1.29, 1.82) is 0 Å². The molecule has 0 spiro atoms. The van der Waals surface area contributed by atoms with E-state index in [0.29, 0.717) is 25.6 Å². The van der Waals surface area contributed by atoms with Crippen molar-refractivity contribution in [3.8, 4) is 0 Å². The summed E-state index contributed by atoms with van der Waals surface area (Å²) in [5.74, 6) is 2.53. The fraction of sp³-hybridized carbons (Fsp3) is 0.636. The summed E-state index contributed by atoms with van der Waals surface area (Å²) in [6.45, 7) is 8.68. The van der Waals surface area contributed by atoms with E-state index in [2.05, 4.69) is 20.4 Å². The van der Waals surface area contributed by atoms with Gasteiger partial charge < -0.3 is 19.6 Å². The monoisotopic (exact) mass is 412 g/mol. The molecule has 1 amide bonds. The van der Waals surface area contributed by atoms with E-state index in [1.165, 1.54) is 32.1 Å². The summed E-state index contributed by atoms with van der Waals surface area (Å²) in [4.78, 5) is 26.3. The molecule has 4 rings (SSSR count). The molecule has 2 aromatic heterocycles. The highest BCUT2D eigenvalue weighted by molar-refractivity contribution is 5.79. The Labute approximate surface area is 178 Å². The van der Waals surface area contributed by atoms with Gasteiger partial charge in [0, 0.05) is 49.5 Å². The van der Waals surface area contributed by atoms with E-state index in [1.807, 2.05) is 31.7 Å². The van der Waals surface area contributed by atoms with Gasteiger partial charge in [0.1, 0.15) is 11.6 Å². The molecule has 162 valence electrons. The molecule has 0 aromatic carbocycles. The molecule has 8 nitrogen and oxygen atoms in total. The van der Waals surface area contributed by atoms with Gasteiger partial charge in [-0.15, -0.1) is 0 Å². The topological polar surface area (TPSA) is 87.4 Å². The summed E-state index contributed by atoms with van der Waals surface area (Å²) in [5.41, 5.74) is 2.68. The standard InChI is InChI=1S/C22H32N6O2/c1-15-13-20(25-22(23-15)24-18-7-5-4-6-8-18)27-9-11-28(12-10-27)21(29)14-19-16(2)26-30-17(19)3/h13,18H,4-12,14H2,1-3H3,(H,23,24,25). The quantitative estimate of drug-likeness (QED) is 0.808. The van der Waals surface area contributed by atoms with Crippen LogP contribution in [0.3, 0.4) is 0 Å². The first kappa shape index (κ1) is 20.6. The van der Waals surface area contributed by atoms with E-state index < -0.39 is 0 Å². The molecule has 1 saturated carbocycles. The van der Waals surface area contributed by atoms with Crippen molar-refractivity contribution >= 4 is 17.7 Å². The fourth-order valence-corrected chi connectivity index (χ4v) is 4.41. The van der Waals surface area contributed by atoms with Crippen molar-refractivity contribution in [3.05, 3.63) is 28.8 Å². The number of aryl methyl sites for hydroxylation is 3. The van der Waals surface area contributed by atoms with Crippen molar-refractivity contribution in [2.45, 2.75) is 65.3 Å². The van der Waals surface area contributed by atoms with Crippen molar-refractivity contribution in [3.63, 3.8) is 0 Å². The van der Waals surface area contributed by atoms with Crippen LogP contribution in [-0.4, -0.2) is 58.2 Å². The molecule has 1 aliphatic carbocycles. The zero-order valence-corrected chi connectivity index (χ0v) is 18.3. The third-order valence-electron chi connectivity index (χ3n) is 6.24. The predicted molar refractivity (Wildman–Crippen MR) is 116 cm³/mol. The highest BCUT2D eigenvalue weighted by atomic mass is 16.5. The minimum atomic E-state index is 0.127. The molecule has 0 unspecified atom stereocenters. The van der Waals surface area contributed by atoms with Gasteiger partial charge in [0.05, 0.1) is 12.1 Å². The van der Waals surface area contributed by atoms with Gasteiger partial charge in [0.2, 0.25) is 11.9 Å². The van der Waals surface area contributed by atoms with Crippen LogP contribution in [0, 0.1) is 20.8 Å². The first-order valence-corrected chi connectivity index (χ1v) is 11.1. The van der Waals surface area contributed by atoms with E-state index in [4.69, 9.17) is 9.51 Å². The normalized spacial score (nSPS) is 18.0. The van der Waals surface area contributed by atoms with Crippen LogP contribution in [0.2, 0.25) is 0 Å². The molecule has 0 radical (unpaired) electrons. The van der Waals surface area contributed by atoms with Gasteiger partial charge in [-0.2, -0.15) is 4.98 Å². The third kappa shape index (κ3) is 4.74. The largest absolute Gasteiger partial charge is 0.361 e. The van der Waals surface area contributed by atoms with E-state index in [0.717, 1.165) is 47.6 Å². The molecule has 1 saturated heterocycles. The van der Waals surface area contributed by atoms with Gasteiger partial charge in [-0.3, -0.25) is 4.79 Å². The lowest BCUT2D eigenvalue weighted by Crippen LogP contribution is -2.49. The molecule has 30 heavy (non-hydrogen) atoms. The number of amides is 1. The fourth-order valence-electron chi connectivity index (χ4n) is 4.41. The first-order chi connectivity index (χ1) is 14.5. The van der Waals surface area contributed by atoms with Crippen LogP contribution >= 0.6 is 0 Å². The van der Waals surface area contributed by atoms with Crippen LogP contribution < -0.4 is 10.2 Å². The number of carbonyl (C=O) groups is 1. The van der Waals surface area contributed by atoms with Crippen LogP contribution in [0.4, 0.5) is 11.8 Å². The molecule has 1 aliphatic heterocycles. The van der Waals surface area contributed by atoms with Gasteiger partial charge in [-0.1, -0.05) is 24.4 Å². The Hall–Kier alpha value is -2.64. The van der Waals surface area contributed by atoms with Crippen molar-refractivity contribution in [2.75, 3.05) is 36.4 Å². The summed E-state index contributed by atoms with van der Waals surface area (Å²) in [6.07, 6.45) is 6.62. The number of aromatic nitrogens is 3. The van der Waals surface area contributed by atoms with E-state index in [1.54, 1.807) is 0 Å². The van der Waals surface area contributed by atoms with E-state index >= 15 is 0 Å². The maximum absolute atomic E-state index is 12.7. The SMILES string of the molecule is Cc1cc(N2CCN(C(=O)Cc3c(C)noc3C)CC2)nc(NC2CCCCC2)n1. The lowest BCUT2D eigenvalue weighted by atomic mass is 9.96. The molecule has 2 aliphatic rings. The number of carbonyl (C=O) groups excluding carboxylic acids is 1. The molecule has 8 heteroatoms. The number of hydrogen-bond donors (Lipinski definition) is 1. The zero-order valence-electron chi connectivity index (χ0n) is 18.3. The molecular formula is C22H32N6O2. The van der Waals surface area contributed by atoms with Gasteiger partial charge in [-0.25, -0.2) is 4.98 Å². The maximum Gasteiger partial charge on any atom is 0.227 e. The minimum Gasteiger partial charge on any atom is -0.361 e. The number of piperazine rings is 1. The van der Waals surface area contributed by atoms with E-state index in [-0.39, 0.29) is 5.91 Å². The Morgan fingerprint density at radius 1 is 1.10 bits per heavy atom. The van der Waals surface area contributed by atoms with Crippen molar-refractivity contribution in [2.24, 2.45) is 0 Å². The second-order valence-corrected chi connectivity index (χ2v) is 8.52. The summed E-state index contributed by atoms with van der Waals surface area (Å²) in [7, 11) is 0. The second kappa shape index (κ2) is 9.02. The predicted octanol–water partition coefficient (Wildman–Crippen LogP) is 3.03. The molecule has 3 heterocycles. The lowest BCUT2D eigenvalue weighted by Gasteiger charge is -2.35. The molecular weight excluding hydrogens is 380 g/mol. The Kier molecular flexibility index (Phi) is 6.20. The zero-order chi connectivity index (χ0) is 21.1. The third-order valence-corrected chi connectivity index (χ3v) is 6.24. The van der Waals surface area contributed by atoms with Gasteiger partial charge in [0.15, 0.2) is 0 Å². The Balaban J connectivity index is 1.36. The number of anilines is 2. The molecule has 1 N–H and O–H groups in total. The summed E-state index contributed by atoms with van der Waals surface area (Å²) >= 11 is 0. The summed E-state index contributed by atoms with van der Waals surface area (Å²) in [5, 5.41) is 7.49. The van der Waals surface area contributed by atoms with Crippen LogP contribution in [0.1, 0.15) is 54.8 Å². The highest BCUT2D eigenvalue weighted by Crippen LogP contribution is 2.23. The Morgan fingerprint density at radius 2 is 1.83 bits per heavy atom. The number of nitrogens with one attached hydrogen (secondary N) is 1. The van der Waals surface area contributed by atoms with Crippen LogP contribution in [-0.2, 0) is 11.2 Å². The molecule has 0 bridgehead atoms. The lowest BCUT2D eigenvalue weighted by molar-refractivity contribution is -0.130. The first-order valence-electron chi connectivity index (χ1n) is 11.1. The highest BCUT2D eigenvalue weighted by Gasteiger charge is 2.24. The molecule has 2 aromatic rings. The van der Waals surface area contributed by atoms with Gasteiger partial charge in [0.25, 0.3) is 0 Å². The Morgan fingerprint density at radius 3 is 2.50 bits per heavy atom. The number of hydrogen-bond acceptors (Lipinski definition) is 7. The summed E-state index contributed by atoms with van der Waals surface area (Å²) in [6, 6.07) is 2.51. The summed E-state index contributed by atoms with van der Waals surface area (Å²) < 4.78 is 5.19. The number of rotatable bonds is 5. The average Bonchev–Trinajstić information content (AvgIpc) is 3.06. The minimum absolute atomic E-state index is 0.127. The van der Waals surface area contributed by atoms with Crippen LogP contribution in [0.25, 0.3) is 0 Å². The van der Waals surface area contributed by atoms with Crippen LogP contribution in [0.5, 0.6) is 0 Å². The smallest absolute Gasteiger partial charge is 0.227 e. The maximum atomic E-state index is 12.7. The molecule has 2 fully saturated rings. The van der Waals surface area contributed by atoms with Crippen molar-refractivity contribution < 1.29 is 9.32 Å². The van der Waals surface area contributed by atoms with E-state index in [9.17, 15) is 4.79 Å². The van der Waals surface area contributed by atoms with Gasteiger partial charge >= 0.3 is 0 Å².